The van der Waals surface area contributed by atoms with Crippen LogP contribution in [0.25, 0.3) is 0 Å². The highest BCUT2D eigenvalue weighted by atomic mass is 32.2. The van der Waals surface area contributed by atoms with Gasteiger partial charge >= 0.3 is 5.51 Å². The molecule has 2 rings (SSSR count). The van der Waals surface area contributed by atoms with E-state index < -0.39 is 11.4 Å². The van der Waals surface area contributed by atoms with E-state index in [1.54, 1.807) is 30.3 Å². The van der Waals surface area contributed by atoms with Gasteiger partial charge in [-0.15, -0.1) is 11.8 Å². The maximum atomic E-state index is 12.5. The number of alkyl halides is 3. The number of rotatable bonds is 4. The lowest BCUT2D eigenvalue weighted by Gasteiger charge is -2.13. The normalized spacial score (nSPS) is 11.3. The number of nitrogens with one attached hydrogen (secondary N) is 1. The highest BCUT2D eigenvalue weighted by Crippen LogP contribution is 2.40. The fourth-order valence-electron chi connectivity index (χ4n) is 1.81. The van der Waals surface area contributed by atoms with Crippen LogP contribution in [0.1, 0.15) is 10.4 Å². The minimum absolute atomic E-state index is 0.0371. The molecule has 0 aliphatic rings. The summed E-state index contributed by atoms with van der Waals surface area (Å²) in [5, 5.41) is 2.55. The Labute approximate surface area is 134 Å². The van der Waals surface area contributed by atoms with Crippen LogP contribution in [-0.4, -0.2) is 17.7 Å². The number of hydrogen-bond donors (Lipinski definition) is 1. The van der Waals surface area contributed by atoms with Gasteiger partial charge in [0.15, 0.2) is 0 Å². The van der Waals surface area contributed by atoms with E-state index in [9.17, 15) is 18.0 Å². The molecule has 0 fully saturated rings. The van der Waals surface area contributed by atoms with Crippen molar-refractivity contribution < 1.29 is 18.0 Å². The molecule has 116 valence electrons. The van der Waals surface area contributed by atoms with Gasteiger partial charge in [0.25, 0.3) is 5.91 Å². The van der Waals surface area contributed by atoms with Gasteiger partial charge in [0.05, 0.1) is 11.3 Å². The van der Waals surface area contributed by atoms with Crippen LogP contribution >= 0.6 is 23.5 Å². The molecular weight excluding hydrogens is 331 g/mol. The summed E-state index contributed by atoms with van der Waals surface area (Å²) in [6.45, 7) is 0. The zero-order valence-electron chi connectivity index (χ0n) is 11.5. The highest BCUT2D eigenvalue weighted by Gasteiger charge is 2.30. The maximum absolute atomic E-state index is 12.5. The molecule has 1 amide bonds. The number of hydrogen-bond acceptors (Lipinski definition) is 3. The van der Waals surface area contributed by atoms with Crippen LogP contribution in [0.4, 0.5) is 18.9 Å². The molecule has 0 radical (unpaired) electrons. The first-order valence-electron chi connectivity index (χ1n) is 6.20. The highest BCUT2D eigenvalue weighted by molar-refractivity contribution is 8.00. The molecule has 0 atom stereocenters. The van der Waals surface area contributed by atoms with Crippen LogP contribution in [0.2, 0.25) is 0 Å². The summed E-state index contributed by atoms with van der Waals surface area (Å²) in [7, 11) is 0. The second-order valence-corrected chi connectivity index (χ2v) is 6.15. The predicted octanol–water partition coefficient (Wildman–Crippen LogP) is 5.27. The first-order chi connectivity index (χ1) is 10.4. The molecule has 0 aliphatic heterocycles. The largest absolute Gasteiger partial charge is 0.446 e. The quantitative estimate of drug-likeness (QED) is 0.767. The number of anilines is 1. The Hall–Kier alpha value is -1.60. The van der Waals surface area contributed by atoms with Gasteiger partial charge in [-0.05, 0) is 42.3 Å². The molecule has 2 aromatic rings. The van der Waals surface area contributed by atoms with E-state index in [1.807, 2.05) is 6.26 Å². The summed E-state index contributed by atoms with van der Waals surface area (Å²) in [4.78, 5) is 13.0. The van der Waals surface area contributed by atoms with Crippen molar-refractivity contribution in [2.75, 3.05) is 11.6 Å². The van der Waals surface area contributed by atoms with Crippen LogP contribution in [0.3, 0.4) is 0 Å². The summed E-state index contributed by atoms with van der Waals surface area (Å²) in [6.07, 6.45) is 1.83. The summed E-state index contributed by atoms with van der Waals surface area (Å²) in [5.74, 6) is -0.430. The molecule has 0 bridgehead atoms. The minimum atomic E-state index is -4.40. The summed E-state index contributed by atoms with van der Waals surface area (Å²) < 4.78 is 37.6. The van der Waals surface area contributed by atoms with Gasteiger partial charge in [0, 0.05) is 9.79 Å². The van der Waals surface area contributed by atoms with Gasteiger partial charge in [0.1, 0.15) is 0 Å². The molecule has 0 saturated carbocycles. The number of carbonyl (C=O) groups is 1. The van der Waals surface area contributed by atoms with Gasteiger partial charge in [-0.1, -0.05) is 24.3 Å². The Balaban J connectivity index is 2.25. The summed E-state index contributed by atoms with van der Waals surface area (Å²) in [5.41, 5.74) is -3.83. The Morgan fingerprint density at radius 3 is 2.23 bits per heavy atom. The van der Waals surface area contributed by atoms with Crippen molar-refractivity contribution in [1.82, 2.24) is 0 Å². The fourth-order valence-corrected chi connectivity index (χ4v) is 3.03. The first kappa shape index (κ1) is 16.8. The van der Waals surface area contributed by atoms with E-state index in [4.69, 9.17) is 0 Å². The Morgan fingerprint density at radius 1 is 1.00 bits per heavy atom. The van der Waals surface area contributed by atoms with Crippen molar-refractivity contribution in [3.05, 3.63) is 54.1 Å². The van der Waals surface area contributed by atoms with Gasteiger partial charge in [-0.2, -0.15) is 13.2 Å². The zero-order chi connectivity index (χ0) is 16.2. The minimum Gasteiger partial charge on any atom is -0.321 e. The van der Waals surface area contributed by atoms with E-state index in [0.29, 0.717) is 5.56 Å². The van der Waals surface area contributed by atoms with Crippen LogP contribution in [0, 0.1) is 0 Å². The predicted molar refractivity (Wildman–Crippen MR) is 84.5 cm³/mol. The van der Waals surface area contributed by atoms with E-state index in [2.05, 4.69) is 5.32 Å². The maximum Gasteiger partial charge on any atom is 0.446 e. The Morgan fingerprint density at radius 2 is 1.59 bits per heavy atom. The fraction of sp³-hybridized carbons (Fsp3) is 0.133. The standard InChI is InChI=1S/C15H12F3NOS2/c1-21-12-8-4-2-6-10(12)14(20)19-11-7-3-5-9-13(11)22-15(16,17)18/h2-9H,1H3,(H,19,20). The third kappa shape index (κ3) is 4.45. The third-order valence-corrected chi connectivity index (χ3v) is 4.32. The molecule has 1 N–H and O–H groups in total. The second kappa shape index (κ2) is 7.11. The molecule has 0 unspecified atom stereocenters. The molecule has 22 heavy (non-hydrogen) atoms. The lowest BCUT2D eigenvalue weighted by molar-refractivity contribution is -0.0328. The Bertz CT molecular complexity index is 674. The lowest BCUT2D eigenvalue weighted by atomic mass is 10.2. The van der Waals surface area contributed by atoms with Gasteiger partial charge in [-0.25, -0.2) is 0 Å². The molecule has 0 saturated heterocycles. The number of thioether (sulfide) groups is 2. The lowest BCUT2D eigenvalue weighted by Crippen LogP contribution is -2.14. The van der Waals surface area contributed by atoms with Crippen LogP contribution in [0.15, 0.2) is 58.3 Å². The number of amides is 1. The molecule has 2 aromatic carbocycles. The average molecular weight is 343 g/mol. The van der Waals surface area contributed by atoms with E-state index in [1.165, 1.54) is 30.0 Å². The van der Waals surface area contributed by atoms with Crippen molar-refractivity contribution in [3.8, 4) is 0 Å². The van der Waals surface area contributed by atoms with Crippen molar-refractivity contribution in [2.45, 2.75) is 15.3 Å². The van der Waals surface area contributed by atoms with E-state index in [-0.39, 0.29) is 22.3 Å². The third-order valence-electron chi connectivity index (χ3n) is 2.71. The van der Waals surface area contributed by atoms with Crippen molar-refractivity contribution in [1.29, 1.82) is 0 Å². The molecular formula is C15H12F3NOS2. The number of para-hydroxylation sites is 1. The van der Waals surface area contributed by atoms with Crippen molar-refractivity contribution in [2.24, 2.45) is 0 Å². The monoisotopic (exact) mass is 343 g/mol. The number of halogens is 3. The molecule has 0 aliphatic carbocycles. The average Bonchev–Trinajstić information content (AvgIpc) is 2.47. The SMILES string of the molecule is CSc1ccccc1C(=O)Nc1ccccc1SC(F)(F)F. The molecule has 7 heteroatoms. The molecule has 0 spiro atoms. The molecule has 0 aromatic heterocycles. The van der Waals surface area contributed by atoms with Crippen LogP contribution < -0.4 is 5.32 Å². The smallest absolute Gasteiger partial charge is 0.321 e. The topological polar surface area (TPSA) is 29.1 Å². The van der Waals surface area contributed by atoms with Gasteiger partial charge in [-0.3, -0.25) is 4.79 Å². The Kier molecular flexibility index (Phi) is 5.42. The van der Waals surface area contributed by atoms with Crippen LogP contribution in [0.5, 0.6) is 0 Å². The van der Waals surface area contributed by atoms with Gasteiger partial charge in [0.2, 0.25) is 0 Å². The summed E-state index contributed by atoms with van der Waals surface area (Å²) in [6, 6.07) is 12.8. The second-order valence-electron chi connectivity index (χ2n) is 4.20. The first-order valence-corrected chi connectivity index (χ1v) is 8.24. The number of benzene rings is 2. The van der Waals surface area contributed by atoms with Crippen molar-refractivity contribution >= 4 is 35.1 Å². The van der Waals surface area contributed by atoms with Crippen LogP contribution in [-0.2, 0) is 0 Å². The molecule has 0 heterocycles. The molecule has 2 nitrogen and oxygen atoms in total. The summed E-state index contributed by atoms with van der Waals surface area (Å²) >= 11 is 1.16. The number of carbonyl (C=O) groups excluding carboxylic acids is 1. The van der Waals surface area contributed by atoms with Crippen molar-refractivity contribution in [3.63, 3.8) is 0 Å². The van der Waals surface area contributed by atoms with E-state index >= 15 is 0 Å². The van der Waals surface area contributed by atoms with E-state index in [0.717, 1.165) is 4.90 Å². The van der Waals surface area contributed by atoms with Gasteiger partial charge < -0.3 is 5.32 Å². The zero-order valence-corrected chi connectivity index (χ0v) is 13.1.